The summed E-state index contributed by atoms with van der Waals surface area (Å²) in [5, 5.41) is 0. The summed E-state index contributed by atoms with van der Waals surface area (Å²) in [5.41, 5.74) is 6.64. The van der Waals surface area contributed by atoms with Crippen molar-refractivity contribution in [3.8, 4) is 23.1 Å². The Kier molecular flexibility index (Phi) is 7.77. The van der Waals surface area contributed by atoms with Gasteiger partial charge in [-0.2, -0.15) is 0 Å². The van der Waals surface area contributed by atoms with Crippen LogP contribution in [0.2, 0.25) is 0 Å². The predicted octanol–water partition coefficient (Wildman–Crippen LogP) is 4.04. The van der Waals surface area contributed by atoms with Crippen LogP contribution in [0.25, 0.3) is 11.3 Å². The molecule has 3 aromatic rings. The third kappa shape index (κ3) is 6.05. The first-order chi connectivity index (χ1) is 20.2. The van der Waals surface area contributed by atoms with Gasteiger partial charge in [0, 0.05) is 84.9 Å². The zero-order valence-electron chi connectivity index (χ0n) is 23.4. The summed E-state index contributed by atoms with van der Waals surface area (Å²) in [5.74, 6) is 6.85. The lowest BCUT2D eigenvalue weighted by Gasteiger charge is -2.29. The highest BCUT2D eigenvalue weighted by Crippen LogP contribution is 2.42. The summed E-state index contributed by atoms with van der Waals surface area (Å²) in [6.07, 6.45) is 2.46. The fourth-order valence-corrected chi connectivity index (χ4v) is 7.27. The molecule has 212 valence electrons. The first kappa shape index (κ1) is 26.7. The average Bonchev–Trinajstić information content (AvgIpc) is 3.78. The minimum atomic E-state index is -0.0764. The first-order valence-corrected chi connectivity index (χ1v) is 15.6. The van der Waals surface area contributed by atoms with Gasteiger partial charge in [-0.3, -0.25) is 9.69 Å². The van der Waals surface area contributed by atoms with Crippen molar-refractivity contribution in [2.75, 3.05) is 75.5 Å². The molecule has 0 amide bonds. The van der Waals surface area contributed by atoms with E-state index < -0.39 is 0 Å². The van der Waals surface area contributed by atoms with Gasteiger partial charge in [-0.05, 0) is 41.8 Å². The molecule has 4 aliphatic heterocycles. The van der Waals surface area contributed by atoms with E-state index in [1.54, 1.807) is 6.07 Å². The van der Waals surface area contributed by atoms with Gasteiger partial charge in [-0.25, -0.2) is 0 Å². The predicted molar refractivity (Wildman–Crippen MR) is 164 cm³/mol. The molecule has 1 aromatic heterocycles. The second-order valence-corrected chi connectivity index (χ2v) is 12.2. The van der Waals surface area contributed by atoms with E-state index in [9.17, 15) is 4.79 Å². The molecule has 41 heavy (non-hydrogen) atoms. The number of aromatic nitrogens is 1. The molecule has 0 spiro atoms. The molecule has 3 fully saturated rings. The third-order valence-corrected chi connectivity index (χ3v) is 9.69. The van der Waals surface area contributed by atoms with E-state index in [4.69, 9.17) is 9.47 Å². The highest BCUT2D eigenvalue weighted by atomic mass is 32.2. The third-order valence-electron chi connectivity index (χ3n) is 8.39. The fourth-order valence-electron chi connectivity index (χ4n) is 6.06. The highest BCUT2D eigenvalue weighted by Gasteiger charge is 2.36. The van der Waals surface area contributed by atoms with E-state index in [1.165, 1.54) is 26.6 Å². The van der Waals surface area contributed by atoms with Crippen molar-refractivity contribution in [3.63, 3.8) is 0 Å². The number of pyridine rings is 1. The fraction of sp³-hybridized carbons (Fsp3) is 0.424. The molecule has 1 unspecified atom stereocenters. The van der Waals surface area contributed by atoms with Crippen LogP contribution in [-0.2, 0) is 22.3 Å². The molecule has 0 bridgehead atoms. The van der Waals surface area contributed by atoms with Gasteiger partial charge < -0.3 is 24.3 Å². The van der Waals surface area contributed by atoms with Crippen molar-refractivity contribution < 1.29 is 9.47 Å². The van der Waals surface area contributed by atoms with E-state index in [-0.39, 0.29) is 5.56 Å². The summed E-state index contributed by atoms with van der Waals surface area (Å²) in [4.78, 5) is 25.7. The summed E-state index contributed by atoms with van der Waals surface area (Å²) < 4.78 is 11.1. The lowest BCUT2D eigenvalue weighted by atomic mass is 10.0. The van der Waals surface area contributed by atoms with E-state index in [2.05, 4.69) is 74.0 Å². The van der Waals surface area contributed by atoms with Crippen LogP contribution in [-0.4, -0.2) is 81.6 Å². The average molecular weight is 569 g/mol. The number of aryl methyl sites for hydroxylation is 1. The van der Waals surface area contributed by atoms with Crippen molar-refractivity contribution in [1.82, 2.24) is 9.88 Å². The number of H-pyrrole nitrogens is 1. The molecule has 7 rings (SSSR count). The number of nitrogens with one attached hydrogen (secondary N) is 1. The Morgan fingerprint density at radius 3 is 2.59 bits per heavy atom. The Balaban J connectivity index is 1.19. The molecule has 5 heterocycles. The van der Waals surface area contributed by atoms with Gasteiger partial charge >= 0.3 is 0 Å². The SMILES string of the molecule is O=c1cc(N2CCOCC2)cc(-c2cccc3c2Sc2ccc(N4CC4CN4CCOCC4)cc2CC#CCC3)[nH]1. The summed E-state index contributed by atoms with van der Waals surface area (Å²) in [6.45, 7) is 8.92. The highest BCUT2D eigenvalue weighted by molar-refractivity contribution is 7.99. The smallest absolute Gasteiger partial charge is 0.250 e. The lowest BCUT2D eigenvalue weighted by molar-refractivity contribution is 0.0386. The Morgan fingerprint density at radius 1 is 0.902 bits per heavy atom. The van der Waals surface area contributed by atoms with Crippen LogP contribution in [0.3, 0.4) is 0 Å². The molecular formula is C33H36N4O3S. The maximum Gasteiger partial charge on any atom is 0.250 e. The molecule has 0 aliphatic carbocycles. The number of fused-ring (bicyclic) bond motifs is 2. The summed E-state index contributed by atoms with van der Waals surface area (Å²) >= 11 is 1.81. The monoisotopic (exact) mass is 568 g/mol. The number of aromatic amines is 1. The van der Waals surface area contributed by atoms with Crippen LogP contribution in [0.1, 0.15) is 17.5 Å². The molecule has 0 saturated carbocycles. The Labute approximate surface area is 245 Å². The second kappa shape index (κ2) is 11.9. The van der Waals surface area contributed by atoms with E-state index in [0.29, 0.717) is 19.3 Å². The number of hydrogen-bond donors (Lipinski definition) is 1. The molecular weight excluding hydrogens is 532 g/mol. The van der Waals surface area contributed by atoms with Gasteiger partial charge in [0.1, 0.15) is 0 Å². The van der Waals surface area contributed by atoms with Gasteiger partial charge in [0.25, 0.3) is 0 Å². The summed E-state index contributed by atoms with van der Waals surface area (Å²) in [6, 6.07) is 17.7. The normalized spacial score (nSPS) is 20.9. The van der Waals surface area contributed by atoms with Crippen LogP contribution < -0.4 is 15.4 Å². The van der Waals surface area contributed by atoms with Gasteiger partial charge in [-0.1, -0.05) is 35.9 Å². The molecule has 3 saturated heterocycles. The van der Waals surface area contributed by atoms with Gasteiger partial charge in [0.15, 0.2) is 0 Å². The molecule has 7 nitrogen and oxygen atoms in total. The van der Waals surface area contributed by atoms with Crippen LogP contribution in [0.4, 0.5) is 11.4 Å². The van der Waals surface area contributed by atoms with Gasteiger partial charge in [0.05, 0.1) is 38.2 Å². The van der Waals surface area contributed by atoms with Gasteiger partial charge in [-0.15, -0.1) is 5.92 Å². The maximum atomic E-state index is 12.8. The van der Waals surface area contributed by atoms with Crippen molar-refractivity contribution in [2.24, 2.45) is 0 Å². The number of anilines is 2. The number of hydrogen-bond acceptors (Lipinski definition) is 7. The van der Waals surface area contributed by atoms with Crippen molar-refractivity contribution in [2.45, 2.75) is 35.1 Å². The topological polar surface area (TPSA) is 60.8 Å². The van der Waals surface area contributed by atoms with E-state index in [1.807, 2.05) is 11.8 Å². The second-order valence-electron chi connectivity index (χ2n) is 11.2. The Hall–Kier alpha value is -3.22. The van der Waals surface area contributed by atoms with Crippen molar-refractivity contribution in [3.05, 3.63) is 70.0 Å². The number of morpholine rings is 2. The quantitative estimate of drug-likeness (QED) is 0.368. The molecule has 8 heteroatoms. The standard InChI is InChI=1S/C33H36N4O3S/c38-32-21-27(36-13-17-40-18-14-36)20-30(34-32)29-8-4-7-24-5-2-1-3-6-25-19-26(9-10-31(25)41-33(24)29)37-23-28(37)22-35-11-15-39-16-12-35/h4,7-10,19-21,28H,2,5-6,11-18,22-23H2,(H,34,38). The Bertz CT molecular complexity index is 1530. The van der Waals surface area contributed by atoms with Crippen LogP contribution >= 0.6 is 11.8 Å². The van der Waals surface area contributed by atoms with Crippen molar-refractivity contribution in [1.29, 1.82) is 0 Å². The molecule has 4 aliphatic rings. The maximum absolute atomic E-state index is 12.8. The van der Waals surface area contributed by atoms with Crippen LogP contribution in [0.5, 0.6) is 0 Å². The minimum absolute atomic E-state index is 0.0764. The number of rotatable bonds is 5. The molecule has 0 radical (unpaired) electrons. The van der Waals surface area contributed by atoms with E-state index in [0.717, 1.165) is 88.7 Å². The molecule has 1 N–H and O–H groups in total. The van der Waals surface area contributed by atoms with Gasteiger partial charge in [0.2, 0.25) is 5.56 Å². The Morgan fingerprint density at radius 2 is 1.73 bits per heavy atom. The molecule has 2 aromatic carbocycles. The van der Waals surface area contributed by atoms with Crippen LogP contribution in [0, 0.1) is 11.8 Å². The zero-order valence-corrected chi connectivity index (χ0v) is 24.2. The zero-order chi connectivity index (χ0) is 27.6. The number of nitrogens with zero attached hydrogens (tertiary/aromatic N) is 3. The molecule has 1 atom stereocenters. The van der Waals surface area contributed by atoms with E-state index >= 15 is 0 Å². The van der Waals surface area contributed by atoms with Crippen molar-refractivity contribution >= 4 is 23.1 Å². The number of benzene rings is 2. The minimum Gasteiger partial charge on any atom is -0.379 e. The largest absolute Gasteiger partial charge is 0.379 e. The summed E-state index contributed by atoms with van der Waals surface area (Å²) in [7, 11) is 0. The first-order valence-electron chi connectivity index (χ1n) is 14.7. The number of ether oxygens (including phenoxy) is 2. The lowest BCUT2D eigenvalue weighted by Crippen LogP contribution is -2.39. The van der Waals surface area contributed by atoms with Crippen LogP contribution in [0.15, 0.2) is 63.1 Å².